The molecule has 0 aromatic heterocycles. The predicted octanol–water partition coefficient (Wildman–Crippen LogP) is 2.76. The van der Waals surface area contributed by atoms with Crippen molar-refractivity contribution in [2.24, 2.45) is 0 Å². The monoisotopic (exact) mass is 231 g/mol. The molecule has 1 aliphatic carbocycles. The van der Waals surface area contributed by atoms with Crippen molar-refractivity contribution in [1.82, 2.24) is 5.32 Å². The standard InChI is InChI=1S/C11H21NS2/c1-13-11-5-3-2-4-10(11)12-9-6-7-14-8-9/h9-12H,2-8H2,1H3. The van der Waals surface area contributed by atoms with Crippen LogP contribution in [0.4, 0.5) is 0 Å². The zero-order valence-electron chi connectivity index (χ0n) is 9.00. The van der Waals surface area contributed by atoms with Crippen molar-refractivity contribution >= 4 is 23.5 Å². The van der Waals surface area contributed by atoms with Crippen molar-refractivity contribution in [2.45, 2.75) is 49.4 Å². The minimum Gasteiger partial charge on any atom is -0.309 e. The zero-order chi connectivity index (χ0) is 9.80. The smallest absolute Gasteiger partial charge is 0.0198 e. The number of thioether (sulfide) groups is 2. The van der Waals surface area contributed by atoms with Gasteiger partial charge in [0.15, 0.2) is 0 Å². The van der Waals surface area contributed by atoms with E-state index >= 15 is 0 Å². The first-order valence-corrected chi connectivity index (χ1v) is 8.21. The van der Waals surface area contributed by atoms with Gasteiger partial charge in [0.2, 0.25) is 0 Å². The van der Waals surface area contributed by atoms with Gasteiger partial charge in [-0.1, -0.05) is 12.8 Å². The van der Waals surface area contributed by atoms with E-state index in [-0.39, 0.29) is 0 Å². The van der Waals surface area contributed by atoms with Crippen molar-refractivity contribution in [1.29, 1.82) is 0 Å². The molecule has 2 fully saturated rings. The lowest BCUT2D eigenvalue weighted by atomic mass is 9.94. The van der Waals surface area contributed by atoms with Crippen LogP contribution in [0.2, 0.25) is 0 Å². The van der Waals surface area contributed by atoms with E-state index < -0.39 is 0 Å². The van der Waals surface area contributed by atoms with Crippen LogP contribution in [-0.2, 0) is 0 Å². The van der Waals surface area contributed by atoms with Gasteiger partial charge < -0.3 is 5.32 Å². The normalized spacial score (nSPS) is 38.8. The molecule has 1 saturated carbocycles. The SMILES string of the molecule is CSC1CCCCC1NC1CCSC1. The van der Waals surface area contributed by atoms with Gasteiger partial charge in [0.25, 0.3) is 0 Å². The highest BCUT2D eigenvalue weighted by molar-refractivity contribution is 7.99. The van der Waals surface area contributed by atoms with Crippen molar-refractivity contribution in [3.05, 3.63) is 0 Å². The molecule has 14 heavy (non-hydrogen) atoms. The van der Waals surface area contributed by atoms with Gasteiger partial charge in [0.1, 0.15) is 0 Å². The van der Waals surface area contributed by atoms with Gasteiger partial charge in [-0.15, -0.1) is 0 Å². The lowest BCUT2D eigenvalue weighted by molar-refractivity contribution is 0.355. The Balaban J connectivity index is 1.81. The van der Waals surface area contributed by atoms with Crippen LogP contribution in [0.25, 0.3) is 0 Å². The summed E-state index contributed by atoms with van der Waals surface area (Å²) in [5, 5.41) is 4.76. The highest BCUT2D eigenvalue weighted by Gasteiger charge is 2.27. The Labute approximate surface area is 96.2 Å². The molecule has 3 heteroatoms. The van der Waals surface area contributed by atoms with Crippen LogP contribution in [0.15, 0.2) is 0 Å². The second-order valence-electron chi connectivity index (χ2n) is 4.39. The molecule has 1 N–H and O–H groups in total. The molecule has 1 saturated heterocycles. The van der Waals surface area contributed by atoms with Gasteiger partial charge >= 0.3 is 0 Å². The molecular formula is C11H21NS2. The van der Waals surface area contributed by atoms with Gasteiger partial charge in [-0.25, -0.2) is 0 Å². The maximum absolute atomic E-state index is 3.88. The molecule has 3 atom stereocenters. The van der Waals surface area contributed by atoms with E-state index in [1.54, 1.807) is 0 Å². The average molecular weight is 231 g/mol. The molecule has 1 heterocycles. The summed E-state index contributed by atoms with van der Waals surface area (Å²) in [6.07, 6.45) is 9.39. The fourth-order valence-corrected chi connectivity index (χ4v) is 4.65. The molecule has 0 amide bonds. The maximum Gasteiger partial charge on any atom is 0.0198 e. The van der Waals surface area contributed by atoms with Gasteiger partial charge in [0, 0.05) is 23.1 Å². The topological polar surface area (TPSA) is 12.0 Å². The Kier molecular flexibility index (Phi) is 4.51. The molecule has 2 aliphatic rings. The first-order chi connectivity index (χ1) is 6.90. The molecule has 0 spiro atoms. The van der Waals surface area contributed by atoms with Crippen LogP contribution in [0.5, 0.6) is 0 Å². The third kappa shape index (κ3) is 2.83. The predicted molar refractivity (Wildman–Crippen MR) is 68.4 cm³/mol. The Bertz CT molecular complexity index is 169. The lowest BCUT2D eigenvalue weighted by Crippen LogP contribution is -2.45. The molecule has 82 valence electrons. The molecule has 0 aromatic carbocycles. The average Bonchev–Trinajstić information content (AvgIpc) is 2.71. The van der Waals surface area contributed by atoms with E-state index in [4.69, 9.17) is 0 Å². The molecule has 3 unspecified atom stereocenters. The third-order valence-corrected chi connectivity index (χ3v) is 5.72. The summed E-state index contributed by atoms with van der Waals surface area (Å²) in [6, 6.07) is 1.63. The Morgan fingerprint density at radius 3 is 2.79 bits per heavy atom. The second kappa shape index (κ2) is 5.66. The van der Waals surface area contributed by atoms with Gasteiger partial charge in [-0.3, -0.25) is 0 Å². The molecule has 2 rings (SSSR count). The van der Waals surface area contributed by atoms with Gasteiger partial charge in [0.05, 0.1) is 0 Å². The molecule has 0 radical (unpaired) electrons. The summed E-state index contributed by atoms with van der Waals surface area (Å²) in [4.78, 5) is 0. The summed E-state index contributed by atoms with van der Waals surface area (Å²) < 4.78 is 0. The summed E-state index contributed by atoms with van der Waals surface area (Å²) in [5.74, 6) is 2.71. The van der Waals surface area contributed by atoms with Gasteiger partial charge in [-0.2, -0.15) is 23.5 Å². The molecule has 1 nitrogen and oxygen atoms in total. The lowest BCUT2D eigenvalue weighted by Gasteiger charge is -2.33. The fourth-order valence-electron chi connectivity index (χ4n) is 2.54. The second-order valence-corrected chi connectivity index (χ2v) is 6.62. The highest BCUT2D eigenvalue weighted by atomic mass is 32.2. The third-order valence-electron chi connectivity index (χ3n) is 3.38. The summed E-state index contributed by atoms with van der Waals surface area (Å²) in [7, 11) is 0. The first kappa shape index (κ1) is 11.2. The quantitative estimate of drug-likeness (QED) is 0.802. The van der Waals surface area contributed by atoms with Crippen molar-refractivity contribution < 1.29 is 0 Å². The summed E-state index contributed by atoms with van der Waals surface area (Å²) in [5.41, 5.74) is 0. The number of nitrogens with one attached hydrogen (secondary N) is 1. The Hall–Kier alpha value is 0.660. The number of rotatable bonds is 3. The largest absolute Gasteiger partial charge is 0.309 e. The van der Waals surface area contributed by atoms with E-state index in [1.165, 1.54) is 43.6 Å². The van der Waals surface area contributed by atoms with E-state index in [0.717, 1.165) is 17.3 Å². The molecular weight excluding hydrogens is 210 g/mol. The Morgan fingerprint density at radius 1 is 1.21 bits per heavy atom. The zero-order valence-corrected chi connectivity index (χ0v) is 10.6. The maximum atomic E-state index is 3.88. The van der Waals surface area contributed by atoms with Crippen LogP contribution in [0.1, 0.15) is 32.1 Å². The van der Waals surface area contributed by atoms with Crippen molar-refractivity contribution in [3.8, 4) is 0 Å². The van der Waals surface area contributed by atoms with Gasteiger partial charge in [-0.05, 0) is 31.3 Å². The molecule has 1 aliphatic heterocycles. The number of hydrogen-bond acceptors (Lipinski definition) is 3. The summed E-state index contributed by atoms with van der Waals surface area (Å²) >= 11 is 4.18. The van der Waals surface area contributed by atoms with E-state index in [0.29, 0.717) is 0 Å². The molecule has 0 aromatic rings. The molecule has 0 bridgehead atoms. The summed E-state index contributed by atoms with van der Waals surface area (Å²) in [6.45, 7) is 0. The van der Waals surface area contributed by atoms with E-state index in [9.17, 15) is 0 Å². The van der Waals surface area contributed by atoms with Crippen molar-refractivity contribution in [3.63, 3.8) is 0 Å². The minimum atomic E-state index is 0.808. The van der Waals surface area contributed by atoms with Crippen molar-refractivity contribution in [2.75, 3.05) is 17.8 Å². The fraction of sp³-hybridized carbons (Fsp3) is 1.00. The van der Waals surface area contributed by atoms with Crippen LogP contribution in [0.3, 0.4) is 0 Å². The number of hydrogen-bond donors (Lipinski definition) is 1. The highest BCUT2D eigenvalue weighted by Crippen LogP contribution is 2.28. The Morgan fingerprint density at radius 2 is 2.07 bits per heavy atom. The van der Waals surface area contributed by atoms with E-state index in [2.05, 4.69) is 35.1 Å². The van der Waals surface area contributed by atoms with E-state index in [1.807, 2.05) is 0 Å². The minimum absolute atomic E-state index is 0.808. The van der Waals surface area contributed by atoms with Crippen LogP contribution in [0, 0.1) is 0 Å². The van der Waals surface area contributed by atoms with Crippen LogP contribution >= 0.6 is 23.5 Å². The first-order valence-electron chi connectivity index (χ1n) is 5.76. The van der Waals surface area contributed by atoms with Crippen LogP contribution in [-0.4, -0.2) is 35.1 Å². The van der Waals surface area contributed by atoms with Crippen LogP contribution < -0.4 is 5.32 Å².